The van der Waals surface area contributed by atoms with Gasteiger partial charge in [-0.2, -0.15) is 0 Å². The number of nitrogens with one attached hydrogen (secondary N) is 1. The van der Waals surface area contributed by atoms with Crippen LogP contribution in [0.4, 0.5) is 0 Å². The number of benzene rings is 1. The Hall–Kier alpha value is -1.63. The molecular formula is C26H38N2O4. The molecule has 2 heterocycles. The number of nitrogens with zero attached hydrogens (tertiary/aromatic N) is 1. The molecular weight excluding hydrogens is 404 g/mol. The van der Waals surface area contributed by atoms with Gasteiger partial charge in [-0.1, -0.05) is 32.0 Å². The quantitative estimate of drug-likeness (QED) is 0.732. The molecule has 2 aliphatic heterocycles. The van der Waals surface area contributed by atoms with E-state index in [1.807, 2.05) is 0 Å². The van der Waals surface area contributed by atoms with Gasteiger partial charge in [-0.05, 0) is 48.0 Å². The summed E-state index contributed by atoms with van der Waals surface area (Å²) in [6, 6.07) is 8.62. The lowest BCUT2D eigenvalue weighted by Gasteiger charge is -2.53. The molecule has 4 fully saturated rings. The summed E-state index contributed by atoms with van der Waals surface area (Å²) in [6.45, 7) is 12.2. The number of hydrogen-bond acceptors (Lipinski definition) is 5. The van der Waals surface area contributed by atoms with Crippen LogP contribution in [0.25, 0.3) is 0 Å². The third kappa shape index (κ3) is 3.74. The monoisotopic (exact) mass is 442 g/mol. The van der Waals surface area contributed by atoms with Crippen LogP contribution in [0.15, 0.2) is 24.3 Å². The molecule has 0 unspecified atom stereocenters. The zero-order valence-corrected chi connectivity index (χ0v) is 19.8. The van der Waals surface area contributed by atoms with Crippen molar-refractivity contribution in [3.63, 3.8) is 0 Å². The molecule has 2 saturated carbocycles. The van der Waals surface area contributed by atoms with E-state index in [1.54, 1.807) is 6.92 Å². The van der Waals surface area contributed by atoms with Gasteiger partial charge < -0.3 is 19.5 Å². The Morgan fingerprint density at radius 2 is 2.00 bits per heavy atom. The van der Waals surface area contributed by atoms with Crippen LogP contribution >= 0.6 is 0 Å². The average Bonchev–Trinajstić information content (AvgIpc) is 3.27. The molecule has 1 amide bonds. The summed E-state index contributed by atoms with van der Waals surface area (Å²) >= 11 is 0. The van der Waals surface area contributed by atoms with Crippen LogP contribution in [0.2, 0.25) is 0 Å². The van der Waals surface area contributed by atoms with Gasteiger partial charge in [0.2, 0.25) is 5.91 Å². The second kappa shape index (κ2) is 8.62. The molecule has 4 aliphatic rings. The van der Waals surface area contributed by atoms with Gasteiger partial charge in [0.05, 0.1) is 19.3 Å². The van der Waals surface area contributed by atoms with Crippen LogP contribution in [0.3, 0.4) is 0 Å². The summed E-state index contributed by atoms with van der Waals surface area (Å²) in [5, 5.41) is 3.37. The van der Waals surface area contributed by atoms with Gasteiger partial charge in [0.1, 0.15) is 12.4 Å². The van der Waals surface area contributed by atoms with Gasteiger partial charge in [-0.3, -0.25) is 9.69 Å². The van der Waals surface area contributed by atoms with E-state index in [4.69, 9.17) is 14.2 Å². The molecule has 2 bridgehead atoms. The van der Waals surface area contributed by atoms with Crippen LogP contribution in [0.5, 0.6) is 5.75 Å². The van der Waals surface area contributed by atoms with Crippen molar-refractivity contribution in [1.29, 1.82) is 0 Å². The number of ether oxygens (including phenoxy) is 3. The molecule has 176 valence electrons. The summed E-state index contributed by atoms with van der Waals surface area (Å²) in [5.74, 6) is 2.05. The van der Waals surface area contributed by atoms with Crippen molar-refractivity contribution in [3.05, 3.63) is 29.8 Å². The summed E-state index contributed by atoms with van der Waals surface area (Å²) in [7, 11) is 0. The van der Waals surface area contributed by atoms with Crippen molar-refractivity contribution in [2.75, 3.05) is 46.1 Å². The van der Waals surface area contributed by atoms with Crippen LogP contribution in [0.1, 0.15) is 51.7 Å². The topological polar surface area (TPSA) is 60.0 Å². The Morgan fingerprint density at radius 1 is 1.22 bits per heavy atom. The lowest BCUT2D eigenvalue weighted by molar-refractivity contribution is -0.136. The molecule has 6 heteroatoms. The molecule has 1 aromatic carbocycles. The summed E-state index contributed by atoms with van der Waals surface area (Å²) < 4.78 is 18.2. The van der Waals surface area contributed by atoms with E-state index in [9.17, 15) is 4.79 Å². The second-order valence-electron chi connectivity index (χ2n) is 10.8. The maximum Gasteiger partial charge on any atom is 0.217 e. The molecule has 2 saturated heterocycles. The minimum atomic E-state index is 0.0284. The van der Waals surface area contributed by atoms with Gasteiger partial charge in [0, 0.05) is 44.8 Å². The first kappa shape index (κ1) is 22.2. The lowest BCUT2D eigenvalue weighted by Crippen LogP contribution is -2.58. The van der Waals surface area contributed by atoms with E-state index in [0.717, 1.165) is 58.0 Å². The third-order valence-electron chi connectivity index (χ3n) is 8.85. The van der Waals surface area contributed by atoms with E-state index in [0.29, 0.717) is 18.4 Å². The zero-order valence-electron chi connectivity index (χ0n) is 19.8. The third-order valence-corrected chi connectivity index (χ3v) is 8.85. The van der Waals surface area contributed by atoms with Crippen molar-refractivity contribution >= 4 is 5.91 Å². The summed E-state index contributed by atoms with van der Waals surface area (Å²) in [4.78, 5) is 14.5. The van der Waals surface area contributed by atoms with Crippen molar-refractivity contribution in [3.8, 4) is 5.75 Å². The lowest BCUT2D eigenvalue weighted by atomic mass is 9.58. The maximum absolute atomic E-state index is 12.1. The summed E-state index contributed by atoms with van der Waals surface area (Å²) in [5.41, 5.74) is 1.41. The minimum absolute atomic E-state index is 0.0284. The Morgan fingerprint density at radius 3 is 2.78 bits per heavy atom. The normalized spacial score (nSPS) is 36.0. The summed E-state index contributed by atoms with van der Waals surface area (Å²) in [6.07, 6.45) is 3.41. The number of para-hydroxylation sites is 1. The Kier molecular flexibility index (Phi) is 5.97. The van der Waals surface area contributed by atoms with E-state index in [-0.39, 0.29) is 28.9 Å². The molecule has 1 aromatic rings. The van der Waals surface area contributed by atoms with Crippen LogP contribution < -0.4 is 10.1 Å². The number of morpholine rings is 1. The number of rotatable bonds is 6. The predicted molar refractivity (Wildman–Crippen MR) is 123 cm³/mol. The number of hydrogen-bond donors (Lipinski definition) is 1. The van der Waals surface area contributed by atoms with Gasteiger partial charge in [-0.25, -0.2) is 0 Å². The molecule has 1 N–H and O–H groups in total. The van der Waals surface area contributed by atoms with Crippen molar-refractivity contribution in [2.24, 2.45) is 22.7 Å². The number of fused-ring (bicyclic) bond motifs is 1. The fourth-order valence-corrected chi connectivity index (χ4v) is 7.25. The fourth-order valence-electron chi connectivity index (χ4n) is 7.25. The van der Waals surface area contributed by atoms with E-state index >= 15 is 0 Å². The van der Waals surface area contributed by atoms with Crippen molar-refractivity contribution in [2.45, 2.75) is 52.2 Å². The van der Waals surface area contributed by atoms with Crippen molar-refractivity contribution < 1.29 is 19.0 Å². The molecule has 5 atom stereocenters. The molecule has 5 rings (SSSR count). The highest BCUT2D eigenvalue weighted by Gasteiger charge is 2.68. The predicted octanol–water partition coefficient (Wildman–Crippen LogP) is 3.42. The largest absolute Gasteiger partial charge is 0.492 e. The smallest absolute Gasteiger partial charge is 0.217 e. The van der Waals surface area contributed by atoms with Crippen LogP contribution in [-0.2, 0) is 14.3 Å². The highest BCUT2D eigenvalue weighted by Crippen LogP contribution is 2.70. The van der Waals surface area contributed by atoms with E-state index in [2.05, 4.69) is 48.3 Å². The van der Waals surface area contributed by atoms with Crippen molar-refractivity contribution in [1.82, 2.24) is 10.2 Å². The standard InChI is InChI=1S/C26H38N2O4/c1-18(29)27-24-25(2,3)19-16-21-23(32-12-8-26(21,24)17-19)20-6-4-5-7-22(20)31-15-11-28-9-13-30-14-10-28/h4-7,19,21,23-24H,8-17H2,1-3H3,(H,27,29)/t19-,21-,23-,24+,26-/m1/s1. The van der Waals surface area contributed by atoms with Crippen LogP contribution in [0, 0.1) is 22.7 Å². The minimum Gasteiger partial charge on any atom is -0.492 e. The first-order valence-corrected chi connectivity index (χ1v) is 12.3. The number of amides is 1. The number of carbonyl (C=O) groups excluding carboxylic acids is 1. The second-order valence-corrected chi connectivity index (χ2v) is 10.8. The van der Waals surface area contributed by atoms with Gasteiger partial charge in [-0.15, -0.1) is 0 Å². The average molecular weight is 443 g/mol. The highest BCUT2D eigenvalue weighted by atomic mass is 16.5. The molecule has 6 nitrogen and oxygen atoms in total. The Balaban J connectivity index is 1.35. The molecule has 0 radical (unpaired) electrons. The highest BCUT2D eigenvalue weighted by molar-refractivity contribution is 5.73. The molecule has 1 spiro atoms. The molecule has 2 aliphatic carbocycles. The number of carbonyl (C=O) groups is 1. The first-order valence-electron chi connectivity index (χ1n) is 12.3. The van der Waals surface area contributed by atoms with Crippen LogP contribution in [-0.4, -0.2) is 62.9 Å². The van der Waals surface area contributed by atoms with Gasteiger partial charge in [0.15, 0.2) is 0 Å². The fraction of sp³-hybridized carbons (Fsp3) is 0.731. The Bertz CT molecular complexity index is 837. The zero-order chi connectivity index (χ0) is 22.3. The first-order chi connectivity index (χ1) is 15.4. The molecule has 0 aromatic heterocycles. The van der Waals surface area contributed by atoms with E-state index < -0.39 is 0 Å². The molecule has 32 heavy (non-hydrogen) atoms. The van der Waals surface area contributed by atoms with Gasteiger partial charge in [0.25, 0.3) is 0 Å². The SMILES string of the molecule is CC(=O)N[C@H]1C(C)(C)[C@@H]2C[C@@H]3[C@@H](c4ccccc4OCCN4CCOCC4)OCC[C@@]31C2. The van der Waals surface area contributed by atoms with E-state index in [1.165, 1.54) is 12.0 Å². The van der Waals surface area contributed by atoms with Gasteiger partial charge >= 0.3 is 0 Å². The maximum atomic E-state index is 12.1. The Labute approximate surface area is 192 Å².